The normalized spacial score (nSPS) is 16.4. The zero-order chi connectivity index (χ0) is 18.3. The Morgan fingerprint density at radius 1 is 1.31 bits per heavy atom. The molecule has 1 aliphatic carbocycles. The molecule has 26 heavy (non-hydrogen) atoms. The number of rotatable bonds is 8. The third-order valence-corrected chi connectivity index (χ3v) is 4.78. The molecule has 1 aliphatic rings. The zero-order valence-corrected chi connectivity index (χ0v) is 18.5. The topological polar surface area (TPSA) is 92.6 Å². The van der Waals surface area contributed by atoms with Gasteiger partial charge in [-0.3, -0.25) is 4.79 Å². The molecule has 7 heteroatoms. The molecule has 1 amide bonds. The van der Waals surface area contributed by atoms with Crippen LogP contribution in [0, 0.1) is 11.3 Å². The molecule has 1 fully saturated rings. The molecule has 148 valence electrons. The highest BCUT2D eigenvalue weighted by Crippen LogP contribution is 2.42. The molecule has 0 atom stereocenters. The van der Waals surface area contributed by atoms with Gasteiger partial charge in [0.05, 0.1) is 0 Å². The van der Waals surface area contributed by atoms with Crippen molar-refractivity contribution in [2.24, 2.45) is 22.1 Å². The fraction of sp³-hybridized carbons (Fsp3) is 0.684. The maximum Gasteiger partial charge on any atom is 0.284 e. The van der Waals surface area contributed by atoms with Crippen molar-refractivity contribution >= 4 is 35.8 Å². The number of nitrogens with zero attached hydrogens (tertiary/aromatic N) is 1. The Kier molecular flexibility index (Phi) is 9.46. The van der Waals surface area contributed by atoms with Crippen LogP contribution in [-0.2, 0) is 6.54 Å². The first-order chi connectivity index (χ1) is 11.9. The molecule has 1 saturated carbocycles. The van der Waals surface area contributed by atoms with Gasteiger partial charge in [0.2, 0.25) is 0 Å². The monoisotopic (exact) mass is 476 g/mol. The van der Waals surface area contributed by atoms with Gasteiger partial charge < -0.3 is 20.8 Å². The van der Waals surface area contributed by atoms with E-state index in [1.807, 2.05) is 0 Å². The first-order valence-electron chi connectivity index (χ1n) is 9.35. The molecule has 1 heterocycles. The molecule has 1 aromatic rings. The second-order valence-electron chi connectivity index (χ2n) is 7.48. The lowest BCUT2D eigenvalue weighted by molar-refractivity contribution is 0.0972. The van der Waals surface area contributed by atoms with E-state index < -0.39 is 5.91 Å². The van der Waals surface area contributed by atoms with E-state index in [-0.39, 0.29) is 29.7 Å². The summed E-state index contributed by atoms with van der Waals surface area (Å²) in [7, 11) is 0. The quantitative estimate of drug-likeness (QED) is 0.303. The van der Waals surface area contributed by atoms with Crippen molar-refractivity contribution in [2.75, 3.05) is 13.1 Å². The van der Waals surface area contributed by atoms with E-state index in [1.165, 1.54) is 32.1 Å². The lowest BCUT2D eigenvalue weighted by Crippen LogP contribution is -2.43. The summed E-state index contributed by atoms with van der Waals surface area (Å²) in [6.45, 7) is 8.77. The van der Waals surface area contributed by atoms with Gasteiger partial charge in [-0.25, -0.2) is 4.99 Å². The fourth-order valence-electron chi connectivity index (χ4n) is 3.81. The number of guanidine groups is 1. The van der Waals surface area contributed by atoms with Crippen LogP contribution < -0.4 is 16.4 Å². The molecule has 4 N–H and O–H groups in total. The van der Waals surface area contributed by atoms with Crippen molar-refractivity contribution in [3.8, 4) is 0 Å². The molecule has 0 saturated heterocycles. The van der Waals surface area contributed by atoms with Gasteiger partial charge in [-0.05, 0) is 49.7 Å². The minimum atomic E-state index is -0.558. The van der Waals surface area contributed by atoms with E-state index in [4.69, 9.17) is 10.2 Å². The molecule has 1 aromatic heterocycles. The van der Waals surface area contributed by atoms with Gasteiger partial charge in [-0.15, -0.1) is 24.0 Å². The van der Waals surface area contributed by atoms with Crippen LogP contribution in [-0.4, -0.2) is 25.0 Å². The molecular weight excluding hydrogens is 443 g/mol. The summed E-state index contributed by atoms with van der Waals surface area (Å²) in [4.78, 5) is 15.7. The third kappa shape index (κ3) is 6.81. The SMILES string of the molecule is CCNC(=NCc1ccc(C(N)=O)o1)NCC1(CC(C)C)CCCC1.I. The Bertz CT molecular complexity index is 592. The first-order valence-corrected chi connectivity index (χ1v) is 9.35. The number of amides is 1. The summed E-state index contributed by atoms with van der Waals surface area (Å²) in [5, 5.41) is 6.80. The lowest BCUT2D eigenvalue weighted by atomic mass is 9.78. The van der Waals surface area contributed by atoms with Crippen LogP contribution in [0.3, 0.4) is 0 Å². The van der Waals surface area contributed by atoms with Crippen LogP contribution in [0.25, 0.3) is 0 Å². The molecule has 0 aromatic carbocycles. The molecule has 2 rings (SSSR count). The molecule has 0 radical (unpaired) electrons. The smallest absolute Gasteiger partial charge is 0.284 e. The van der Waals surface area contributed by atoms with Crippen molar-refractivity contribution in [3.05, 3.63) is 23.7 Å². The van der Waals surface area contributed by atoms with E-state index in [0.717, 1.165) is 19.0 Å². The van der Waals surface area contributed by atoms with E-state index in [9.17, 15) is 4.79 Å². The van der Waals surface area contributed by atoms with Crippen molar-refractivity contribution < 1.29 is 9.21 Å². The summed E-state index contributed by atoms with van der Waals surface area (Å²) >= 11 is 0. The second kappa shape index (κ2) is 10.8. The van der Waals surface area contributed by atoms with E-state index in [2.05, 4.69) is 36.4 Å². The molecule has 0 bridgehead atoms. The second-order valence-corrected chi connectivity index (χ2v) is 7.48. The summed E-state index contributed by atoms with van der Waals surface area (Å²) in [5.74, 6) is 1.73. The number of furan rings is 1. The third-order valence-electron chi connectivity index (χ3n) is 4.78. The summed E-state index contributed by atoms with van der Waals surface area (Å²) < 4.78 is 5.39. The van der Waals surface area contributed by atoms with Crippen molar-refractivity contribution in [3.63, 3.8) is 0 Å². The van der Waals surface area contributed by atoms with Crippen LogP contribution in [0.5, 0.6) is 0 Å². The van der Waals surface area contributed by atoms with E-state index in [1.54, 1.807) is 12.1 Å². The lowest BCUT2D eigenvalue weighted by Gasteiger charge is -2.31. The molecule has 6 nitrogen and oxygen atoms in total. The molecule has 0 spiro atoms. The maximum absolute atomic E-state index is 11.1. The minimum absolute atomic E-state index is 0. The van der Waals surface area contributed by atoms with Gasteiger partial charge in [0.15, 0.2) is 11.7 Å². The largest absolute Gasteiger partial charge is 0.454 e. The number of nitrogens with one attached hydrogen (secondary N) is 2. The molecular formula is C19H33IN4O2. The predicted molar refractivity (Wildman–Crippen MR) is 116 cm³/mol. The summed E-state index contributed by atoms with van der Waals surface area (Å²) in [5.41, 5.74) is 5.59. The molecule has 0 unspecified atom stereocenters. The number of halogens is 1. The highest BCUT2D eigenvalue weighted by molar-refractivity contribution is 14.0. The maximum atomic E-state index is 11.1. The Morgan fingerprint density at radius 3 is 2.54 bits per heavy atom. The Balaban J connectivity index is 0.00000338. The Hall–Kier alpha value is -1.25. The zero-order valence-electron chi connectivity index (χ0n) is 16.1. The number of hydrogen-bond acceptors (Lipinski definition) is 3. The van der Waals surface area contributed by atoms with Crippen molar-refractivity contribution in [1.29, 1.82) is 0 Å². The minimum Gasteiger partial charge on any atom is -0.454 e. The molecule has 0 aliphatic heterocycles. The van der Waals surface area contributed by atoms with Crippen molar-refractivity contribution in [2.45, 2.75) is 59.4 Å². The average molecular weight is 476 g/mol. The Labute approximate surface area is 173 Å². The number of hydrogen-bond donors (Lipinski definition) is 3. The summed E-state index contributed by atoms with van der Waals surface area (Å²) in [6, 6.07) is 3.33. The van der Waals surface area contributed by atoms with Crippen LogP contribution in [0.4, 0.5) is 0 Å². The predicted octanol–water partition coefficient (Wildman–Crippen LogP) is 3.66. The number of aliphatic imine (C=N–C) groups is 1. The standard InChI is InChI=1S/C19H32N4O2.HI/c1-4-21-18(22-12-15-7-8-16(25-15)17(20)24)23-13-19(11-14(2)3)9-5-6-10-19;/h7-8,14H,4-6,9-13H2,1-3H3,(H2,20,24)(H2,21,22,23);1H. The van der Waals surface area contributed by atoms with Gasteiger partial charge in [-0.1, -0.05) is 26.7 Å². The van der Waals surface area contributed by atoms with E-state index >= 15 is 0 Å². The van der Waals surface area contributed by atoms with Crippen LogP contribution in [0.2, 0.25) is 0 Å². The van der Waals surface area contributed by atoms with Gasteiger partial charge in [0.25, 0.3) is 5.91 Å². The van der Waals surface area contributed by atoms with Gasteiger partial charge >= 0.3 is 0 Å². The number of carbonyl (C=O) groups is 1. The number of carbonyl (C=O) groups excluding carboxylic acids is 1. The van der Waals surface area contributed by atoms with Gasteiger partial charge in [0.1, 0.15) is 12.3 Å². The van der Waals surface area contributed by atoms with Crippen LogP contribution in [0.1, 0.15) is 69.2 Å². The average Bonchev–Trinajstić information content (AvgIpc) is 3.19. The Morgan fingerprint density at radius 2 is 2.00 bits per heavy atom. The van der Waals surface area contributed by atoms with Crippen molar-refractivity contribution in [1.82, 2.24) is 10.6 Å². The van der Waals surface area contributed by atoms with E-state index in [0.29, 0.717) is 23.6 Å². The number of nitrogens with two attached hydrogens (primary N) is 1. The summed E-state index contributed by atoms with van der Waals surface area (Å²) in [6.07, 6.45) is 6.48. The van der Waals surface area contributed by atoms with Gasteiger partial charge in [-0.2, -0.15) is 0 Å². The highest BCUT2D eigenvalue weighted by Gasteiger charge is 2.34. The van der Waals surface area contributed by atoms with Gasteiger partial charge in [0, 0.05) is 13.1 Å². The first kappa shape index (κ1) is 22.8. The number of primary amides is 1. The van der Waals surface area contributed by atoms with Crippen LogP contribution >= 0.6 is 24.0 Å². The fourth-order valence-corrected chi connectivity index (χ4v) is 3.81. The van der Waals surface area contributed by atoms with Crippen LogP contribution in [0.15, 0.2) is 21.5 Å². The highest BCUT2D eigenvalue weighted by atomic mass is 127.